The zero-order chi connectivity index (χ0) is 12.8. The van der Waals surface area contributed by atoms with Crippen LogP contribution in [0, 0.1) is 0 Å². The molecule has 1 atom stereocenters. The lowest BCUT2D eigenvalue weighted by atomic mass is 10.2. The topological polar surface area (TPSA) is 64.9 Å². The molecular weight excluding hydrogens is 246 g/mol. The average molecular weight is 263 g/mol. The third-order valence-corrected chi connectivity index (χ3v) is 3.44. The number of aryl methyl sites for hydroxylation is 1. The zero-order valence-electron chi connectivity index (χ0n) is 10.4. The van der Waals surface area contributed by atoms with Crippen LogP contribution in [0.3, 0.4) is 0 Å². The Bertz CT molecular complexity index is 470. The minimum atomic E-state index is 0.166. The standard InChI is InChI=1S/C13H17N3OS/c1-10(14)7-8-13-15-12(16-17-13)9-18-11-5-3-2-4-6-11/h2-6,10H,7-9,14H2,1H3. The van der Waals surface area contributed by atoms with Gasteiger partial charge in [0.2, 0.25) is 5.89 Å². The molecule has 0 aliphatic heterocycles. The highest BCUT2D eigenvalue weighted by atomic mass is 32.2. The summed E-state index contributed by atoms with van der Waals surface area (Å²) in [5.41, 5.74) is 5.69. The molecule has 5 heteroatoms. The van der Waals surface area contributed by atoms with Gasteiger partial charge >= 0.3 is 0 Å². The molecule has 1 aromatic carbocycles. The predicted molar refractivity (Wildman–Crippen MR) is 72.3 cm³/mol. The van der Waals surface area contributed by atoms with Crippen LogP contribution in [0.2, 0.25) is 0 Å². The Labute approximate surface area is 111 Å². The lowest BCUT2D eigenvalue weighted by Crippen LogP contribution is -2.15. The van der Waals surface area contributed by atoms with E-state index in [2.05, 4.69) is 22.3 Å². The van der Waals surface area contributed by atoms with Crippen molar-refractivity contribution in [2.75, 3.05) is 0 Å². The molecule has 0 aliphatic carbocycles. The number of aromatic nitrogens is 2. The summed E-state index contributed by atoms with van der Waals surface area (Å²) >= 11 is 1.70. The summed E-state index contributed by atoms with van der Waals surface area (Å²) in [6, 6.07) is 10.4. The minimum absolute atomic E-state index is 0.166. The first kappa shape index (κ1) is 13.1. The molecule has 0 bridgehead atoms. The van der Waals surface area contributed by atoms with Crippen molar-refractivity contribution < 1.29 is 4.52 Å². The van der Waals surface area contributed by atoms with E-state index < -0.39 is 0 Å². The molecule has 0 saturated carbocycles. The number of hydrogen-bond donors (Lipinski definition) is 1. The van der Waals surface area contributed by atoms with E-state index in [0.717, 1.165) is 24.4 Å². The Hall–Kier alpha value is -1.33. The number of benzene rings is 1. The van der Waals surface area contributed by atoms with Crippen LogP contribution in [0.1, 0.15) is 25.1 Å². The molecule has 2 aromatic rings. The fourth-order valence-corrected chi connectivity index (χ4v) is 2.23. The molecule has 18 heavy (non-hydrogen) atoms. The van der Waals surface area contributed by atoms with Gasteiger partial charge in [-0.25, -0.2) is 0 Å². The molecule has 4 nitrogen and oxygen atoms in total. The van der Waals surface area contributed by atoms with Crippen molar-refractivity contribution in [2.45, 2.75) is 36.5 Å². The summed E-state index contributed by atoms with van der Waals surface area (Å²) in [6.45, 7) is 1.97. The van der Waals surface area contributed by atoms with Crippen LogP contribution in [0.25, 0.3) is 0 Å². The lowest BCUT2D eigenvalue weighted by Gasteiger charge is -1.99. The van der Waals surface area contributed by atoms with Crippen LogP contribution >= 0.6 is 11.8 Å². The van der Waals surface area contributed by atoms with Crippen molar-refractivity contribution in [3.63, 3.8) is 0 Å². The fourth-order valence-electron chi connectivity index (χ4n) is 1.47. The number of hydrogen-bond acceptors (Lipinski definition) is 5. The van der Waals surface area contributed by atoms with Gasteiger partial charge in [0.15, 0.2) is 5.82 Å². The quantitative estimate of drug-likeness (QED) is 0.812. The first-order chi connectivity index (χ1) is 8.74. The summed E-state index contributed by atoms with van der Waals surface area (Å²) in [7, 11) is 0. The van der Waals surface area contributed by atoms with E-state index in [1.165, 1.54) is 4.90 Å². The second-order valence-corrected chi connectivity index (χ2v) is 5.27. The average Bonchev–Trinajstić information content (AvgIpc) is 2.83. The molecule has 96 valence electrons. The SMILES string of the molecule is CC(N)CCc1nc(CSc2ccccc2)no1. The second kappa shape index (κ2) is 6.56. The van der Waals surface area contributed by atoms with E-state index in [0.29, 0.717) is 5.89 Å². The van der Waals surface area contributed by atoms with Crippen LogP contribution in [-0.4, -0.2) is 16.2 Å². The fraction of sp³-hybridized carbons (Fsp3) is 0.385. The number of rotatable bonds is 6. The van der Waals surface area contributed by atoms with E-state index in [9.17, 15) is 0 Å². The van der Waals surface area contributed by atoms with Crippen molar-refractivity contribution in [3.8, 4) is 0 Å². The third kappa shape index (κ3) is 4.16. The van der Waals surface area contributed by atoms with Crippen LogP contribution in [0.15, 0.2) is 39.8 Å². The molecular formula is C13H17N3OS. The summed E-state index contributed by atoms with van der Waals surface area (Å²) in [6.07, 6.45) is 1.62. The van der Waals surface area contributed by atoms with Gasteiger partial charge in [-0.15, -0.1) is 11.8 Å². The van der Waals surface area contributed by atoms with Gasteiger partial charge < -0.3 is 10.3 Å². The Morgan fingerprint density at radius 2 is 2.11 bits per heavy atom. The van der Waals surface area contributed by atoms with Crippen molar-refractivity contribution in [2.24, 2.45) is 5.73 Å². The highest BCUT2D eigenvalue weighted by Gasteiger charge is 2.07. The van der Waals surface area contributed by atoms with Gasteiger partial charge in [0, 0.05) is 17.4 Å². The van der Waals surface area contributed by atoms with Crippen molar-refractivity contribution in [3.05, 3.63) is 42.0 Å². The predicted octanol–water partition coefficient (Wildman–Crippen LogP) is 2.64. The van der Waals surface area contributed by atoms with E-state index in [4.69, 9.17) is 10.3 Å². The molecule has 1 heterocycles. The third-order valence-electron chi connectivity index (χ3n) is 2.43. The van der Waals surface area contributed by atoms with Gasteiger partial charge in [0.05, 0.1) is 5.75 Å². The number of nitrogens with two attached hydrogens (primary N) is 1. The molecule has 0 radical (unpaired) electrons. The maximum Gasteiger partial charge on any atom is 0.226 e. The summed E-state index contributed by atoms with van der Waals surface area (Å²) in [5, 5.41) is 3.96. The van der Waals surface area contributed by atoms with E-state index >= 15 is 0 Å². The van der Waals surface area contributed by atoms with Crippen molar-refractivity contribution in [1.29, 1.82) is 0 Å². The summed E-state index contributed by atoms with van der Waals surface area (Å²) < 4.78 is 5.17. The summed E-state index contributed by atoms with van der Waals surface area (Å²) in [4.78, 5) is 5.55. The van der Waals surface area contributed by atoms with Gasteiger partial charge in [-0.1, -0.05) is 23.4 Å². The first-order valence-electron chi connectivity index (χ1n) is 5.99. The van der Waals surface area contributed by atoms with Gasteiger partial charge in [0.1, 0.15) is 0 Å². The second-order valence-electron chi connectivity index (χ2n) is 4.22. The van der Waals surface area contributed by atoms with Gasteiger partial charge in [-0.05, 0) is 25.5 Å². The maximum absolute atomic E-state index is 5.69. The molecule has 2 N–H and O–H groups in total. The number of thioether (sulfide) groups is 1. The number of nitrogens with zero attached hydrogens (tertiary/aromatic N) is 2. The first-order valence-corrected chi connectivity index (χ1v) is 6.97. The molecule has 0 fully saturated rings. The molecule has 0 aliphatic rings. The van der Waals surface area contributed by atoms with Crippen LogP contribution in [0.4, 0.5) is 0 Å². The molecule has 0 saturated heterocycles. The maximum atomic E-state index is 5.69. The van der Waals surface area contributed by atoms with Crippen LogP contribution < -0.4 is 5.73 Å². The molecule has 1 aromatic heterocycles. The highest BCUT2D eigenvalue weighted by molar-refractivity contribution is 7.98. The largest absolute Gasteiger partial charge is 0.339 e. The normalized spacial score (nSPS) is 12.6. The van der Waals surface area contributed by atoms with Gasteiger partial charge in [0.25, 0.3) is 0 Å². The molecule has 0 amide bonds. The Kier molecular flexibility index (Phi) is 4.78. The van der Waals surface area contributed by atoms with Crippen molar-refractivity contribution >= 4 is 11.8 Å². The van der Waals surface area contributed by atoms with Gasteiger partial charge in [-0.2, -0.15) is 4.98 Å². The van der Waals surface area contributed by atoms with Crippen molar-refractivity contribution in [1.82, 2.24) is 10.1 Å². The van der Waals surface area contributed by atoms with E-state index in [-0.39, 0.29) is 6.04 Å². The Balaban J connectivity index is 1.83. The van der Waals surface area contributed by atoms with Gasteiger partial charge in [-0.3, -0.25) is 0 Å². The van der Waals surface area contributed by atoms with Crippen LogP contribution in [-0.2, 0) is 12.2 Å². The van der Waals surface area contributed by atoms with E-state index in [1.807, 2.05) is 25.1 Å². The Morgan fingerprint density at radius 1 is 1.33 bits per heavy atom. The lowest BCUT2D eigenvalue weighted by molar-refractivity contribution is 0.368. The van der Waals surface area contributed by atoms with Crippen LogP contribution in [0.5, 0.6) is 0 Å². The molecule has 0 spiro atoms. The summed E-state index contributed by atoms with van der Waals surface area (Å²) in [5.74, 6) is 2.14. The van der Waals surface area contributed by atoms with E-state index in [1.54, 1.807) is 11.8 Å². The molecule has 2 rings (SSSR count). The monoisotopic (exact) mass is 263 g/mol. The Morgan fingerprint density at radius 3 is 2.83 bits per heavy atom. The smallest absolute Gasteiger partial charge is 0.226 e. The highest BCUT2D eigenvalue weighted by Crippen LogP contribution is 2.20. The molecule has 1 unspecified atom stereocenters. The zero-order valence-corrected chi connectivity index (χ0v) is 11.2. The minimum Gasteiger partial charge on any atom is -0.339 e.